The summed E-state index contributed by atoms with van der Waals surface area (Å²) >= 11 is 5.03. The molecule has 21 heavy (non-hydrogen) atoms. The van der Waals surface area contributed by atoms with Gasteiger partial charge in [-0.1, -0.05) is 31.3 Å². The van der Waals surface area contributed by atoms with Crippen LogP contribution >= 0.6 is 12.2 Å². The summed E-state index contributed by atoms with van der Waals surface area (Å²) in [7, 11) is -3.57. The van der Waals surface area contributed by atoms with Gasteiger partial charge in [0.25, 0.3) is 0 Å². The molecule has 1 aliphatic heterocycles. The van der Waals surface area contributed by atoms with Crippen molar-refractivity contribution in [2.45, 2.75) is 26.7 Å². The van der Waals surface area contributed by atoms with E-state index in [9.17, 15) is 8.42 Å². The van der Waals surface area contributed by atoms with Crippen LogP contribution in [0, 0.1) is 12.8 Å². The van der Waals surface area contributed by atoms with Crippen molar-refractivity contribution in [2.75, 3.05) is 17.8 Å². The summed E-state index contributed by atoms with van der Waals surface area (Å²) in [6.45, 7) is 5.02. The Hall–Kier alpha value is -1.18. The summed E-state index contributed by atoms with van der Waals surface area (Å²) in [6.07, 6.45) is 1.95. The van der Waals surface area contributed by atoms with Crippen LogP contribution in [0.25, 0.3) is 0 Å². The van der Waals surface area contributed by atoms with E-state index >= 15 is 0 Å². The fraction of sp³-hybridized carbons (Fsp3) is 0.500. The zero-order chi connectivity index (χ0) is 15.6. The van der Waals surface area contributed by atoms with E-state index in [1.54, 1.807) is 12.1 Å². The van der Waals surface area contributed by atoms with E-state index in [-0.39, 0.29) is 4.99 Å². The van der Waals surface area contributed by atoms with Crippen LogP contribution in [0.5, 0.6) is 0 Å². The van der Waals surface area contributed by atoms with Crippen molar-refractivity contribution >= 4 is 33.1 Å². The minimum Gasteiger partial charge on any atom is -0.389 e. The molecule has 1 atom stereocenters. The fourth-order valence-electron chi connectivity index (χ4n) is 2.65. The van der Waals surface area contributed by atoms with Crippen LogP contribution < -0.4 is 10.5 Å². The van der Waals surface area contributed by atoms with Gasteiger partial charge in [-0.05, 0) is 37.3 Å². The quantitative estimate of drug-likeness (QED) is 0.830. The summed E-state index contributed by atoms with van der Waals surface area (Å²) in [5.41, 5.74) is 7.60. The number of aryl methyl sites for hydroxylation is 1. The van der Waals surface area contributed by atoms with Crippen LogP contribution in [0.2, 0.25) is 0 Å². The highest BCUT2D eigenvalue weighted by Gasteiger charge is 2.27. The van der Waals surface area contributed by atoms with Crippen LogP contribution in [0.1, 0.15) is 30.9 Å². The minimum absolute atomic E-state index is 0.192. The van der Waals surface area contributed by atoms with Gasteiger partial charge in [0.1, 0.15) is 4.99 Å². The molecule has 116 valence electrons. The third kappa shape index (κ3) is 3.72. The lowest BCUT2D eigenvalue weighted by molar-refractivity contribution is 0.282. The van der Waals surface area contributed by atoms with Gasteiger partial charge < -0.3 is 5.73 Å². The molecule has 0 radical (unpaired) electrons. The summed E-state index contributed by atoms with van der Waals surface area (Å²) in [5.74, 6) is 0.378. The van der Waals surface area contributed by atoms with Crippen molar-refractivity contribution in [1.29, 1.82) is 0 Å². The van der Waals surface area contributed by atoms with Crippen LogP contribution in [0.15, 0.2) is 18.2 Å². The first-order valence-corrected chi connectivity index (χ1v) is 8.83. The second-order valence-corrected chi connectivity index (χ2v) is 7.68. The summed E-state index contributed by atoms with van der Waals surface area (Å²) in [6, 6.07) is 5.33. The Kier molecular flexibility index (Phi) is 4.85. The third-order valence-corrected chi connectivity index (χ3v) is 5.41. The zero-order valence-corrected chi connectivity index (χ0v) is 13.9. The van der Waals surface area contributed by atoms with Gasteiger partial charge >= 0.3 is 10.2 Å². The fourth-order valence-corrected chi connectivity index (χ4v) is 4.32. The molecule has 0 spiro atoms. The topological polar surface area (TPSA) is 75.4 Å². The molecule has 1 fully saturated rings. The van der Waals surface area contributed by atoms with E-state index in [2.05, 4.69) is 11.6 Å². The Labute approximate surface area is 131 Å². The summed E-state index contributed by atoms with van der Waals surface area (Å²) in [5, 5.41) is 0. The van der Waals surface area contributed by atoms with E-state index in [1.807, 2.05) is 13.0 Å². The van der Waals surface area contributed by atoms with Crippen molar-refractivity contribution in [3.63, 3.8) is 0 Å². The molecule has 3 N–H and O–H groups in total. The molecular weight excluding hydrogens is 306 g/mol. The van der Waals surface area contributed by atoms with Crippen LogP contribution in [-0.4, -0.2) is 30.8 Å². The van der Waals surface area contributed by atoms with E-state index in [0.717, 1.165) is 18.4 Å². The molecule has 1 aromatic rings. The summed E-state index contributed by atoms with van der Waals surface area (Å²) in [4.78, 5) is 0.192. The van der Waals surface area contributed by atoms with Gasteiger partial charge in [0.05, 0.1) is 5.69 Å². The highest BCUT2D eigenvalue weighted by atomic mass is 32.2. The largest absolute Gasteiger partial charge is 0.389 e. The second-order valence-electron chi connectivity index (χ2n) is 5.57. The van der Waals surface area contributed by atoms with Gasteiger partial charge in [-0.25, -0.2) is 0 Å². The number of hydrogen-bond donors (Lipinski definition) is 2. The lowest BCUT2D eigenvalue weighted by atomic mass is 10.0. The maximum Gasteiger partial charge on any atom is 0.301 e. The molecule has 1 unspecified atom stereocenters. The zero-order valence-electron chi connectivity index (χ0n) is 12.3. The highest BCUT2D eigenvalue weighted by Crippen LogP contribution is 2.24. The van der Waals surface area contributed by atoms with Crippen LogP contribution in [-0.2, 0) is 10.2 Å². The second kappa shape index (κ2) is 6.29. The number of piperidine rings is 1. The molecule has 1 saturated heterocycles. The van der Waals surface area contributed by atoms with Crippen molar-refractivity contribution in [1.82, 2.24) is 4.31 Å². The Morgan fingerprint density at radius 3 is 2.81 bits per heavy atom. The number of nitrogens with zero attached hydrogens (tertiary/aromatic N) is 1. The molecule has 0 saturated carbocycles. The number of thiocarbonyl (C=S) groups is 1. The van der Waals surface area contributed by atoms with Crippen molar-refractivity contribution in [2.24, 2.45) is 11.7 Å². The highest BCUT2D eigenvalue weighted by molar-refractivity contribution is 7.90. The smallest absolute Gasteiger partial charge is 0.301 e. The van der Waals surface area contributed by atoms with Crippen molar-refractivity contribution in [3.8, 4) is 0 Å². The van der Waals surface area contributed by atoms with Crippen molar-refractivity contribution in [3.05, 3.63) is 29.3 Å². The standard InChI is InChI=1S/C14H21N3O2S2/c1-10-5-4-8-17(9-10)21(18,19)16-12-7-3-6-11(2)13(12)14(15)20/h3,6-7,10,16H,4-5,8-9H2,1-2H3,(H2,15,20). The predicted molar refractivity (Wildman–Crippen MR) is 89.6 cm³/mol. The third-order valence-electron chi connectivity index (χ3n) is 3.72. The molecule has 2 rings (SSSR count). The van der Waals surface area contributed by atoms with Crippen LogP contribution in [0.4, 0.5) is 5.69 Å². The Balaban J connectivity index is 2.29. The Morgan fingerprint density at radius 2 is 2.19 bits per heavy atom. The van der Waals surface area contributed by atoms with E-state index in [0.29, 0.717) is 30.3 Å². The van der Waals surface area contributed by atoms with Gasteiger partial charge in [0.15, 0.2) is 0 Å². The first-order valence-electron chi connectivity index (χ1n) is 6.98. The SMILES string of the molecule is Cc1cccc(NS(=O)(=O)N2CCCC(C)C2)c1C(N)=S. The molecular formula is C14H21N3O2S2. The number of benzene rings is 1. The Morgan fingerprint density at radius 1 is 1.48 bits per heavy atom. The van der Waals surface area contributed by atoms with Gasteiger partial charge in [0.2, 0.25) is 0 Å². The lowest BCUT2D eigenvalue weighted by Crippen LogP contribution is -2.42. The number of nitrogens with one attached hydrogen (secondary N) is 1. The van der Waals surface area contributed by atoms with Crippen LogP contribution in [0.3, 0.4) is 0 Å². The minimum atomic E-state index is -3.57. The van der Waals surface area contributed by atoms with E-state index < -0.39 is 10.2 Å². The number of nitrogens with two attached hydrogens (primary N) is 1. The maximum absolute atomic E-state index is 12.5. The van der Waals surface area contributed by atoms with E-state index in [4.69, 9.17) is 18.0 Å². The summed E-state index contributed by atoms with van der Waals surface area (Å²) < 4.78 is 29.2. The predicted octanol–water partition coefficient (Wildman–Crippen LogP) is 2.02. The monoisotopic (exact) mass is 327 g/mol. The van der Waals surface area contributed by atoms with Crippen molar-refractivity contribution < 1.29 is 8.42 Å². The van der Waals surface area contributed by atoms with Gasteiger partial charge in [0, 0.05) is 18.7 Å². The Bertz CT molecular complexity index is 644. The van der Waals surface area contributed by atoms with E-state index in [1.165, 1.54) is 4.31 Å². The maximum atomic E-state index is 12.5. The molecule has 0 aliphatic carbocycles. The molecule has 7 heteroatoms. The molecule has 1 aromatic carbocycles. The number of hydrogen-bond acceptors (Lipinski definition) is 3. The molecule has 0 bridgehead atoms. The van der Waals surface area contributed by atoms with Gasteiger partial charge in [-0.3, -0.25) is 4.72 Å². The molecule has 0 amide bonds. The average Bonchev–Trinajstić information content (AvgIpc) is 2.37. The number of anilines is 1. The molecule has 1 aliphatic rings. The normalized spacial score (nSPS) is 20.2. The number of rotatable bonds is 4. The lowest BCUT2D eigenvalue weighted by Gasteiger charge is -2.30. The van der Waals surface area contributed by atoms with Gasteiger partial charge in [-0.15, -0.1) is 0 Å². The first-order chi connectivity index (χ1) is 9.81. The first kappa shape index (κ1) is 16.2. The average molecular weight is 327 g/mol. The molecule has 5 nitrogen and oxygen atoms in total. The molecule has 1 heterocycles. The molecule has 0 aromatic heterocycles. The van der Waals surface area contributed by atoms with Gasteiger partial charge in [-0.2, -0.15) is 12.7 Å².